The van der Waals surface area contributed by atoms with Gasteiger partial charge in [-0.25, -0.2) is 0 Å². The van der Waals surface area contributed by atoms with Crippen LogP contribution in [0.3, 0.4) is 0 Å². The predicted molar refractivity (Wildman–Crippen MR) is 107 cm³/mol. The number of benzene rings is 2. The van der Waals surface area contributed by atoms with Crippen molar-refractivity contribution >= 4 is 16.7 Å². The summed E-state index contributed by atoms with van der Waals surface area (Å²) in [6.45, 7) is 6.74. The Bertz CT molecular complexity index is 703. The fraction of sp³-hybridized carbons (Fsp3) is 0.500. The number of carbonyl (C=O) groups is 1. The van der Waals surface area contributed by atoms with E-state index in [0.717, 1.165) is 48.4 Å². The van der Waals surface area contributed by atoms with Crippen LogP contribution in [0.1, 0.15) is 32.6 Å². The highest BCUT2D eigenvalue weighted by Gasteiger charge is 2.14. The maximum atomic E-state index is 12.0. The van der Waals surface area contributed by atoms with Crippen LogP contribution >= 0.6 is 0 Å². The van der Waals surface area contributed by atoms with Crippen LogP contribution in [0.5, 0.6) is 5.75 Å². The van der Waals surface area contributed by atoms with Gasteiger partial charge in [-0.2, -0.15) is 0 Å². The second-order valence-corrected chi connectivity index (χ2v) is 7.35. The van der Waals surface area contributed by atoms with E-state index < -0.39 is 0 Å². The second-order valence-electron chi connectivity index (χ2n) is 7.35. The largest absolute Gasteiger partial charge is 0.483 e. The summed E-state index contributed by atoms with van der Waals surface area (Å²) < 4.78 is 5.72. The highest BCUT2D eigenvalue weighted by atomic mass is 16.5. The van der Waals surface area contributed by atoms with Crippen LogP contribution in [0, 0.1) is 5.92 Å². The lowest BCUT2D eigenvalue weighted by Crippen LogP contribution is -2.34. The summed E-state index contributed by atoms with van der Waals surface area (Å²) in [6.07, 6.45) is 4.80. The predicted octanol–water partition coefficient (Wildman–Crippen LogP) is 3.85. The minimum atomic E-state index is -0.0512. The zero-order chi connectivity index (χ0) is 18.2. The van der Waals surface area contributed by atoms with Crippen LogP contribution in [0.25, 0.3) is 10.8 Å². The molecule has 0 spiro atoms. The van der Waals surface area contributed by atoms with Crippen molar-refractivity contribution in [3.05, 3.63) is 42.5 Å². The molecule has 2 aromatic carbocycles. The van der Waals surface area contributed by atoms with Crippen LogP contribution < -0.4 is 10.1 Å². The van der Waals surface area contributed by atoms with Crippen LogP contribution in [-0.2, 0) is 4.79 Å². The van der Waals surface area contributed by atoms with Crippen molar-refractivity contribution in [1.29, 1.82) is 0 Å². The van der Waals surface area contributed by atoms with Crippen molar-refractivity contribution in [3.63, 3.8) is 0 Å². The number of piperidine rings is 1. The molecule has 1 aliphatic rings. The molecule has 26 heavy (non-hydrogen) atoms. The highest BCUT2D eigenvalue weighted by molar-refractivity contribution is 5.88. The van der Waals surface area contributed by atoms with Gasteiger partial charge in [-0.15, -0.1) is 0 Å². The van der Waals surface area contributed by atoms with Gasteiger partial charge in [-0.1, -0.05) is 43.3 Å². The van der Waals surface area contributed by atoms with E-state index in [1.165, 1.54) is 25.9 Å². The quantitative estimate of drug-likeness (QED) is 0.732. The first-order chi connectivity index (χ1) is 12.7. The first kappa shape index (κ1) is 18.7. The first-order valence-electron chi connectivity index (χ1n) is 9.82. The number of ether oxygens (including phenoxy) is 1. The Morgan fingerprint density at radius 3 is 2.73 bits per heavy atom. The topological polar surface area (TPSA) is 41.6 Å². The summed E-state index contributed by atoms with van der Waals surface area (Å²) in [6, 6.07) is 14.0. The minimum absolute atomic E-state index is 0.0512. The van der Waals surface area contributed by atoms with E-state index in [0.29, 0.717) is 0 Å². The molecule has 0 aliphatic carbocycles. The third kappa shape index (κ3) is 5.46. The van der Waals surface area contributed by atoms with E-state index in [2.05, 4.69) is 17.1 Å². The molecule has 0 aromatic heterocycles. The van der Waals surface area contributed by atoms with Crippen LogP contribution in [-0.4, -0.2) is 43.6 Å². The number of hydrogen-bond donors (Lipinski definition) is 1. The van der Waals surface area contributed by atoms with Gasteiger partial charge in [0.25, 0.3) is 5.91 Å². The lowest BCUT2D eigenvalue weighted by molar-refractivity contribution is -0.123. The van der Waals surface area contributed by atoms with Crippen molar-refractivity contribution in [2.75, 3.05) is 32.8 Å². The molecule has 0 atom stereocenters. The smallest absolute Gasteiger partial charge is 0.257 e. The second kappa shape index (κ2) is 9.58. The van der Waals surface area contributed by atoms with Gasteiger partial charge >= 0.3 is 0 Å². The van der Waals surface area contributed by atoms with Crippen LogP contribution in [0.15, 0.2) is 42.5 Å². The Kier molecular flexibility index (Phi) is 6.89. The van der Waals surface area contributed by atoms with Gasteiger partial charge in [-0.3, -0.25) is 4.79 Å². The number of rotatable bonds is 8. The van der Waals surface area contributed by atoms with Gasteiger partial charge in [0.15, 0.2) is 6.61 Å². The normalized spacial score (nSPS) is 15.9. The van der Waals surface area contributed by atoms with Crippen molar-refractivity contribution in [2.24, 2.45) is 5.92 Å². The molecule has 1 fully saturated rings. The zero-order valence-corrected chi connectivity index (χ0v) is 15.7. The van der Waals surface area contributed by atoms with Gasteiger partial charge in [0.2, 0.25) is 0 Å². The molecular formula is C22H30N2O2. The van der Waals surface area contributed by atoms with E-state index in [1.807, 2.05) is 42.5 Å². The van der Waals surface area contributed by atoms with Gasteiger partial charge < -0.3 is 15.0 Å². The van der Waals surface area contributed by atoms with E-state index in [-0.39, 0.29) is 12.5 Å². The van der Waals surface area contributed by atoms with E-state index in [4.69, 9.17) is 4.74 Å². The Morgan fingerprint density at radius 1 is 1.12 bits per heavy atom. The average Bonchev–Trinajstić information content (AvgIpc) is 2.67. The van der Waals surface area contributed by atoms with E-state index >= 15 is 0 Å². The highest BCUT2D eigenvalue weighted by Crippen LogP contribution is 2.24. The van der Waals surface area contributed by atoms with E-state index in [1.54, 1.807) is 0 Å². The molecule has 3 rings (SSSR count). The molecule has 1 N–H and O–H groups in total. The summed E-state index contributed by atoms with van der Waals surface area (Å²) in [7, 11) is 0. The van der Waals surface area contributed by atoms with Gasteiger partial charge in [-0.05, 0) is 62.7 Å². The van der Waals surface area contributed by atoms with Crippen molar-refractivity contribution in [1.82, 2.24) is 10.2 Å². The molecule has 1 aliphatic heterocycles. The monoisotopic (exact) mass is 354 g/mol. The number of hydrogen-bond acceptors (Lipinski definition) is 3. The summed E-state index contributed by atoms with van der Waals surface area (Å²) >= 11 is 0. The van der Waals surface area contributed by atoms with Gasteiger partial charge in [0, 0.05) is 11.9 Å². The molecule has 2 aromatic rings. The molecule has 0 saturated carbocycles. The number of likely N-dealkylation sites (tertiary alicyclic amines) is 1. The summed E-state index contributed by atoms with van der Waals surface area (Å²) in [4.78, 5) is 14.6. The number of amides is 1. The molecule has 4 nitrogen and oxygen atoms in total. The van der Waals surface area contributed by atoms with Crippen LogP contribution in [0.4, 0.5) is 0 Å². The summed E-state index contributed by atoms with van der Waals surface area (Å²) in [5.41, 5.74) is 0. The molecule has 0 unspecified atom stereocenters. The fourth-order valence-electron chi connectivity index (χ4n) is 3.49. The van der Waals surface area contributed by atoms with Crippen molar-refractivity contribution < 1.29 is 9.53 Å². The minimum Gasteiger partial charge on any atom is -0.483 e. The van der Waals surface area contributed by atoms with Crippen molar-refractivity contribution in [2.45, 2.75) is 32.6 Å². The third-order valence-electron chi connectivity index (χ3n) is 5.21. The molecule has 1 amide bonds. The number of carbonyl (C=O) groups excluding carboxylic acids is 1. The SMILES string of the molecule is CC1CCN(CCCCNC(=O)COc2cccc3ccccc23)CC1. The first-order valence-corrected chi connectivity index (χ1v) is 9.82. The summed E-state index contributed by atoms with van der Waals surface area (Å²) in [5, 5.41) is 5.13. The molecule has 1 saturated heterocycles. The Labute approximate surface area is 156 Å². The molecule has 0 bridgehead atoms. The maximum absolute atomic E-state index is 12.0. The molecular weight excluding hydrogens is 324 g/mol. The molecule has 140 valence electrons. The third-order valence-corrected chi connectivity index (χ3v) is 5.21. The van der Waals surface area contributed by atoms with Crippen molar-refractivity contribution in [3.8, 4) is 5.75 Å². The zero-order valence-electron chi connectivity index (χ0n) is 15.7. The maximum Gasteiger partial charge on any atom is 0.257 e. The summed E-state index contributed by atoms with van der Waals surface area (Å²) in [5.74, 6) is 1.59. The number of unbranched alkanes of at least 4 members (excludes halogenated alkanes) is 1. The Hall–Kier alpha value is -2.07. The average molecular weight is 354 g/mol. The molecule has 4 heteroatoms. The lowest BCUT2D eigenvalue weighted by Gasteiger charge is -2.30. The lowest BCUT2D eigenvalue weighted by atomic mass is 9.99. The van der Waals surface area contributed by atoms with Gasteiger partial charge in [0.1, 0.15) is 5.75 Å². The van der Waals surface area contributed by atoms with Crippen LogP contribution in [0.2, 0.25) is 0 Å². The number of nitrogens with zero attached hydrogens (tertiary/aromatic N) is 1. The van der Waals surface area contributed by atoms with E-state index in [9.17, 15) is 4.79 Å². The van der Waals surface area contributed by atoms with Gasteiger partial charge in [0.05, 0.1) is 0 Å². The number of fused-ring (bicyclic) bond motifs is 1. The molecule has 1 heterocycles. The molecule has 0 radical (unpaired) electrons. The fourth-order valence-corrected chi connectivity index (χ4v) is 3.49. The standard InChI is InChI=1S/C22H30N2O2/c1-18-11-15-24(16-12-18)14-5-4-13-23-22(25)17-26-21-10-6-8-19-7-2-3-9-20(19)21/h2-3,6-10,18H,4-5,11-17H2,1H3,(H,23,25). The Morgan fingerprint density at radius 2 is 1.88 bits per heavy atom. The Balaban J connectivity index is 1.32. The number of nitrogens with one attached hydrogen (secondary N) is 1.